The second-order valence-electron chi connectivity index (χ2n) is 8.34. The lowest BCUT2D eigenvalue weighted by atomic mass is 9.97. The van der Waals surface area contributed by atoms with Crippen LogP contribution < -0.4 is 9.64 Å². The zero-order valence-electron chi connectivity index (χ0n) is 20.0. The van der Waals surface area contributed by atoms with Gasteiger partial charge in [0.25, 0.3) is 11.8 Å². The summed E-state index contributed by atoms with van der Waals surface area (Å²) in [6.07, 6.45) is 4.26. The van der Waals surface area contributed by atoms with Crippen LogP contribution in [0.4, 0.5) is 5.69 Å². The second kappa shape index (κ2) is 9.91. The average Bonchev–Trinajstić information content (AvgIpc) is 3.10. The maximum atomic E-state index is 13.9. The number of hydrogen-bond donors (Lipinski definition) is 0. The van der Waals surface area contributed by atoms with Crippen molar-refractivity contribution in [1.29, 1.82) is 0 Å². The van der Waals surface area contributed by atoms with Gasteiger partial charge in [-0.25, -0.2) is 4.90 Å². The van der Waals surface area contributed by atoms with Crippen molar-refractivity contribution in [2.24, 2.45) is 0 Å². The molecule has 2 aromatic carbocycles. The van der Waals surface area contributed by atoms with E-state index < -0.39 is 0 Å². The molecule has 0 bridgehead atoms. The number of pyridine rings is 1. The average molecular weight is 456 g/mol. The number of anilines is 1. The van der Waals surface area contributed by atoms with Crippen LogP contribution in [0.2, 0.25) is 0 Å². The van der Waals surface area contributed by atoms with Crippen LogP contribution in [0.3, 0.4) is 0 Å². The first-order valence-corrected chi connectivity index (χ1v) is 11.4. The number of imide groups is 1. The number of amides is 2. The topological polar surface area (TPSA) is 62.7 Å². The van der Waals surface area contributed by atoms with Crippen LogP contribution in [-0.4, -0.2) is 41.9 Å². The van der Waals surface area contributed by atoms with Crippen LogP contribution in [0, 0.1) is 13.8 Å². The van der Waals surface area contributed by atoms with Gasteiger partial charge >= 0.3 is 0 Å². The molecule has 1 aliphatic heterocycles. The fraction of sp³-hybridized carbons (Fsp3) is 0.250. The number of aromatic nitrogens is 1. The fourth-order valence-corrected chi connectivity index (χ4v) is 4.42. The van der Waals surface area contributed by atoms with E-state index in [-0.39, 0.29) is 11.8 Å². The second-order valence-corrected chi connectivity index (χ2v) is 8.34. The van der Waals surface area contributed by atoms with Gasteiger partial charge in [-0.05, 0) is 68.1 Å². The summed E-state index contributed by atoms with van der Waals surface area (Å²) >= 11 is 0. The zero-order valence-corrected chi connectivity index (χ0v) is 20.0. The number of aryl methyl sites for hydroxylation is 2. The van der Waals surface area contributed by atoms with Gasteiger partial charge in [-0.15, -0.1) is 0 Å². The molecule has 0 radical (unpaired) electrons. The minimum atomic E-state index is -0.334. The van der Waals surface area contributed by atoms with Gasteiger partial charge in [0.2, 0.25) is 0 Å². The quantitative estimate of drug-likeness (QED) is 0.466. The molecule has 4 rings (SSSR count). The zero-order chi connectivity index (χ0) is 24.2. The Hall–Kier alpha value is -3.93. The molecule has 6 heteroatoms. The lowest BCUT2D eigenvalue weighted by molar-refractivity contribution is -0.120. The van der Waals surface area contributed by atoms with E-state index in [0.29, 0.717) is 35.8 Å². The normalized spacial score (nSPS) is 13.6. The molecule has 2 amide bonds. The molecule has 1 aromatic heterocycles. The van der Waals surface area contributed by atoms with Crippen molar-refractivity contribution in [2.45, 2.75) is 27.2 Å². The molecular formula is C28H29N3O3. The molecule has 0 fully saturated rings. The molecular weight excluding hydrogens is 426 g/mol. The molecule has 6 nitrogen and oxygen atoms in total. The third-order valence-electron chi connectivity index (χ3n) is 6.15. The summed E-state index contributed by atoms with van der Waals surface area (Å²) in [5, 5.41) is 0. The summed E-state index contributed by atoms with van der Waals surface area (Å²) in [5.74, 6) is -0.190. The molecule has 0 atom stereocenters. The van der Waals surface area contributed by atoms with Crippen molar-refractivity contribution in [2.75, 3.05) is 25.1 Å². The van der Waals surface area contributed by atoms with E-state index in [1.807, 2.05) is 62.1 Å². The molecule has 34 heavy (non-hydrogen) atoms. The van der Waals surface area contributed by atoms with Crippen LogP contribution in [0.25, 0.3) is 5.57 Å². The Kier molecular flexibility index (Phi) is 6.77. The highest BCUT2D eigenvalue weighted by atomic mass is 16.5. The third kappa shape index (κ3) is 4.31. The van der Waals surface area contributed by atoms with Crippen LogP contribution >= 0.6 is 0 Å². The van der Waals surface area contributed by atoms with E-state index in [0.717, 1.165) is 28.7 Å². The Bertz CT molecular complexity index is 1250. The van der Waals surface area contributed by atoms with Crippen LogP contribution in [0.5, 0.6) is 5.75 Å². The molecule has 0 N–H and O–H groups in total. The van der Waals surface area contributed by atoms with E-state index >= 15 is 0 Å². The lowest BCUT2D eigenvalue weighted by Crippen LogP contribution is -2.36. The molecule has 1 aliphatic rings. The number of carbonyl (C=O) groups excluding carboxylic acids is 2. The predicted molar refractivity (Wildman–Crippen MR) is 134 cm³/mol. The monoisotopic (exact) mass is 455 g/mol. The smallest absolute Gasteiger partial charge is 0.282 e. The first-order valence-electron chi connectivity index (χ1n) is 11.4. The van der Waals surface area contributed by atoms with Crippen LogP contribution in [-0.2, 0) is 16.0 Å². The number of nitrogens with zero attached hydrogens (tertiary/aromatic N) is 3. The van der Waals surface area contributed by atoms with E-state index in [4.69, 9.17) is 4.74 Å². The summed E-state index contributed by atoms with van der Waals surface area (Å²) < 4.78 is 5.48. The van der Waals surface area contributed by atoms with Crippen LogP contribution in [0.1, 0.15) is 29.2 Å². The number of ether oxygens (including phenoxy) is 1. The van der Waals surface area contributed by atoms with Crippen molar-refractivity contribution < 1.29 is 14.3 Å². The van der Waals surface area contributed by atoms with Gasteiger partial charge in [0, 0.05) is 25.5 Å². The fourth-order valence-electron chi connectivity index (χ4n) is 4.42. The molecule has 174 valence electrons. The van der Waals surface area contributed by atoms with Gasteiger partial charge < -0.3 is 9.64 Å². The Morgan fingerprint density at radius 1 is 0.971 bits per heavy atom. The summed E-state index contributed by atoms with van der Waals surface area (Å²) in [6.45, 7) is 7.19. The highest BCUT2D eigenvalue weighted by Crippen LogP contribution is 2.39. The predicted octanol–water partition coefficient (Wildman–Crippen LogP) is 4.56. The Labute approximate surface area is 200 Å². The summed E-state index contributed by atoms with van der Waals surface area (Å²) in [4.78, 5) is 35.1. The number of rotatable bonds is 8. The van der Waals surface area contributed by atoms with Crippen molar-refractivity contribution in [3.05, 3.63) is 94.9 Å². The SMILES string of the molecule is CCN(CCc1ccncc1)C1=C(c2ccc(C)cc2C)C(=O)N(c2ccccc2OC)C1=O. The maximum Gasteiger partial charge on any atom is 0.282 e. The van der Waals surface area contributed by atoms with Crippen molar-refractivity contribution >= 4 is 23.1 Å². The van der Waals surface area contributed by atoms with Gasteiger partial charge in [-0.3, -0.25) is 14.6 Å². The minimum absolute atomic E-state index is 0.332. The Morgan fingerprint density at radius 2 is 1.71 bits per heavy atom. The molecule has 0 saturated carbocycles. The van der Waals surface area contributed by atoms with Crippen molar-refractivity contribution in [3.8, 4) is 5.75 Å². The van der Waals surface area contributed by atoms with Crippen LogP contribution in [0.15, 0.2) is 72.7 Å². The maximum absolute atomic E-state index is 13.9. The lowest BCUT2D eigenvalue weighted by Gasteiger charge is -2.25. The Balaban J connectivity index is 1.82. The number of benzene rings is 2. The van der Waals surface area contributed by atoms with E-state index in [1.165, 1.54) is 12.0 Å². The standard InChI is InChI=1S/C28H29N3O3/c1-5-30(17-14-21-12-15-29-16-13-21)26-25(22-11-10-19(2)18-20(22)3)27(32)31(28(26)33)23-8-6-7-9-24(23)34-4/h6-13,15-16,18H,5,14,17H2,1-4H3. The van der Waals surface area contributed by atoms with E-state index in [9.17, 15) is 9.59 Å². The number of para-hydroxylation sites is 2. The Morgan fingerprint density at radius 3 is 2.38 bits per heavy atom. The summed E-state index contributed by atoms with van der Waals surface area (Å²) in [6, 6.07) is 17.0. The van der Waals surface area contributed by atoms with Crippen molar-refractivity contribution in [3.63, 3.8) is 0 Å². The van der Waals surface area contributed by atoms with E-state index in [1.54, 1.807) is 30.6 Å². The number of carbonyl (C=O) groups is 2. The number of likely N-dealkylation sites (N-methyl/N-ethyl adjacent to an activating group) is 1. The minimum Gasteiger partial charge on any atom is -0.495 e. The van der Waals surface area contributed by atoms with Gasteiger partial charge in [0.05, 0.1) is 18.4 Å². The highest BCUT2D eigenvalue weighted by molar-refractivity contribution is 6.45. The largest absolute Gasteiger partial charge is 0.495 e. The summed E-state index contributed by atoms with van der Waals surface area (Å²) in [7, 11) is 1.54. The van der Waals surface area contributed by atoms with E-state index in [2.05, 4.69) is 4.98 Å². The van der Waals surface area contributed by atoms with Gasteiger partial charge in [-0.2, -0.15) is 0 Å². The van der Waals surface area contributed by atoms with Crippen molar-refractivity contribution in [1.82, 2.24) is 9.88 Å². The third-order valence-corrected chi connectivity index (χ3v) is 6.15. The molecule has 3 aromatic rings. The molecule has 0 aliphatic carbocycles. The molecule has 2 heterocycles. The highest BCUT2D eigenvalue weighted by Gasteiger charge is 2.43. The van der Waals surface area contributed by atoms with Gasteiger partial charge in [0.1, 0.15) is 11.4 Å². The first kappa shape index (κ1) is 23.2. The summed E-state index contributed by atoms with van der Waals surface area (Å²) in [5.41, 5.74) is 5.28. The molecule has 0 saturated heterocycles. The van der Waals surface area contributed by atoms with Gasteiger partial charge in [-0.1, -0.05) is 35.9 Å². The molecule has 0 spiro atoms. The first-order chi connectivity index (χ1) is 16.5. The van der Waals surface area contributed by atoms with Gasteiger partial charge in [0.15, 0.2) is 0 Å². The number of hydrogen-bond acceptors (Lipinski definition) is 5. The number of methoxy groups -OCH3 is 1. The molecule has 0 unspecified atom stereocenters.